The zero-order valence-electron chi connectivity index (χ0n) is 23.0. The van der Waals surface area contributed by atoms with E-state index in [4.69, 9.17) is 14.2 Å². The Morgan fingerprint density at radius 3 is 2.26 bits per heavy atom. The number of esters is 1. The quantitative estimate of drug-likeness (QED) is 0.492. The Labute approximate surface area is 224 Å². The number of carbonyl (C=O) groups excluding carboxylic acids is 3. The lowest BCUT2D eigenvalue weighted by Crippen LogP contribution is -2.51. The van der Waals surface area contributed by atoms with Gasteiger partial charge in [0.2, 0.25) is 5.91 Å². The van der Waals surface area contributed by atoms with Crippen LogP contribution in [-0.2, 0) is 14.3 Å². The molecule has 38 heavy (non-hydrogen) atoms. The summed E-state index contributed by atoms with van der Waals surface area (Å²) in [5, 5.41) is 3.00. The largest absolute Gasteiger partial charge is 0.497 e. The molecular formula is C28H40N4O6. The summed E-state index contributed by atoms with van der Waals surface area (Å²) in [6.07, 6.45) is 3.96. The Hall–Kier alpha value is -3.27. The van der Waals surface area contributed by atoms with Crippen LogP contribution in [-0.4, -0.2) is 92.7 Å². The minimum absolute atomic E-state index is 0.179. The number of likely N-dealkylation sites (N-methyl/N-ethyl adjacent to an activating group) is 1. The smallest absolute Gasteiger partial charge is 0.338 e. The van der Waals surface area contributed by atoms with Gasteiger partial charge in [-0.15, -0.1) is 0 Å². The van der Waals surface area contributed by atoms with E-state index in [-0.39, 0.29) is 24.5 Å². The van der Waals surface area contributed by atoms with Gasteiger partial charge in [-0.05, 0) is 50.8 Å². The van der Waals surface area contributed by atoms with Gasteiger partial charge in [-0.25, -0.2) is 9.59 Å². The predicted molar refractivity (Wildman–Crippen MR) is 142 cm³/mol. The average Bonchev–Trinajstić information content (AvgIpc) is 3.12. The monoisotopic (exact) mass is 528 g/mol. The Bertz CT molecular complexity index is 1050. The molecule has 1 saturated carbocycles. The summed E-state index contributed by atoms with van der Waals surface area (Å²) in [5.74, 6) is 1.09. The Morgan fingerprint density at radius 1 is 0.974 bits per heavy atom. The third-order valence-electron chi connectivity index (χ3n) is 7.69. The molecule has 4 rings (SSSR count). The zero-order valence-corrected chi connectivity index (χ0v) is 23.0. The van der Waals surface area contributed by atoms with E-state index in [2.05, 4.69) is 10.2 Å². The van der Waals surface area contributed by atoms with Crippen LogP contribution in [0.1, 0.15) is 51.1 Å². The standard InChI is InChI=1S/C28H40N4O6/c1-5-32-23(18-30-11-8-12-31(14-13-30)26(33)19-9-7-10-19)24(27(34)38-6-2)25(29-28(32)35)20-15-21(36-3)17-22(16-20)37-4/h15-17,19,25H,5-14,18H2,1-4H3,(H,29,35). The molecule has 1 N–H and O–H groups in total. The van der Waals surface area contributed by atoms with E-state index in [1.165, 1.54) is 0 Å². The van der Waals surface area contributed by atoms with E-state index < -0.39 is 12.0 Å². The normalized spacial score (nSPS) is 20.9. The van der Waals surface area contributed by atoms with Crippen LogP contribution < -0.4 is 14.8 Å². The van der Waals surface area contributed by atoms with E-state index in [0.717, 1.165) is 38.8 Å². The van der Waals surface area contributed by atoms with Crippen molar-refractivity contribution in [1.29, 1.82) is 0 Å². The molecule has 0 bridgehead atoms. The maximum absolute atomic E-state index is 13.4. The first-order chi connectivity index (χ1) is 18.4. The molecule has 3 amide bonds. The van der Waals surface area contributed by atoms with Crippen molar-refractivity contribution in [3.05, 3.63) is 35.0 Å². The number of urea groups is 1. The van der Waals surface area contributed by atoms with Crippen molar-refractivity contribution in [3.63, 3.8) is 0 Å². The number of benzene rings is 1. The highest BCUT2D eigenvalue weighted by Crippen LogP contribution is 2.36. The summed E-state index contributed by atoms with van der Waals surface area (Å²) in [6.45, 7) is 7.50. The Balaban J connectivity index is 1.67. The fourth-order valence-electron chi connectivity index (χ4n) is 5.38. The molecule has 1 saturated heterocycles. The SMILES string of the molecule is CCOC(=O)C1=C(CN2CCCN(C(=O)C3CCC3)CC2)N(CC)C(=O)NC1c1cc(OC)cc(OC)c1. The van der Waals surface area contributed by atoms with Gasteiger partial charge in [0.15, 0.2) is 0 Å². The van der Waals surface area contributed by atoms with Gasteiger partial charge < -0.3 is 24.4 Å². The second kappa shape index (κ2) is 12.5. The van der Waals surface area contributed by atoms with Gasteiger partial charge in [-0.1, -0.05) is 6.42 Å². The van der Waals surface area contributed by atoms with Crippen LogP contribution in [0.2, 0.25) is 0 Å². The number of ether oxygens (including phenoxy) is 3. The number of carbonyl (C=O) groups is 3. The van der Waals surface area contributed by atoms with Crippen molar-refractivity contribution in [1.82, 2.24) is 20.0 Å². The van der Waals surface area contributed by atoms with Gasteiger partial charge in [-0.3, -0.25) is 14.6 Å². The second-order valence-electron chi connectivity index (χ2n) is 9.94. The van der Waals surface area contributed by atoms with Gasteiger partial charge in [0.1, 0.15) is 11.5 Å². The fourth-order valence-corrected chi connectivity index (χ4v) is 5.38. The topological polar surface area (TPSA) is 101 Å². The summed E-state index contributed by atoms with van der Waals surface area (Å²) in [5.41, 5.74) is 1.69. The molecular weight excluding hydrogens is 488 g/mol. The average molecular weight is 529 g/mol. The summed E-state index contributed by atoms with van der Waals surface area (Å²) in [6, 6.07) is 4.32. The molecule has 1 aromatic rings. The molecule has 2 heterocycles. The minimum atomic E-state index is -0.730. The van der Waals surface area contributed by atoms with Crippen molar-refractivity contribution in [2.24, 2.45) is 5.92 Å². The molecule has 1 aromatic carbocycles. The molecule has 208 valence electrons. The van der Waals surface area contributed by atoms with Crippen LogP contribution in [0.3, 0.4) is 0 Å². The van der Waals surface area contributed by atoms with Crippen molar-refractivity contribution < 1.29 is 28.6 Å². The number of nitrogens with zero attached hydrogens (tertiary/aromatic N) is 3. The Morgan fingerprint density at radius 2 is 1.68 bits per heavy atom. The molecule has 0 radical (unpaired) electrons. The number of hydrogen-bond acceptors (Lipinski definition) is 7. The number of rotatable bonds is 9. The van der Waals surface area contributed by atoms with Crippen LogP contribution in [0.15, 0.2) is 29.5 Å². The number of nitrogens with one attached hydrogen (secondary N) is 1. The van der Waals surface area contributed by atoms with Gasteiger partial charge in [0.25, 0.3) is 0 Å². The van der Waals surface area contributed by atoms with Crippen LogP contribution >= 0.6 is 0 Å². The molecule has 1 atom stereocenters. The van der Waals surface area contributed by atoms with Crippen molar-refractivity contribution in [2.45, 2.75) is 45.6 Å². The fraction of sp³-hybridized carbons (Fsp3) is 0.607. The maximum atomic E-state index is 13.4. The molecule has 0 aromatic heterocycles. The predicted octanol–water partition coefficient (Wildman–Crippen LogP) is 2.94. The summed E-state index contributed by atoms with van der Waals surface area (Å²) < 4.78 is 16.4. The Kier molecular flexibility index (Phi) is 9.14. The van der Waals surface area contributed by atoms with Gasteiger partial charge >= 0.3 is 12.0 Å². The first kappa shape index (κ1) is 27.8. The summed E-state index contributed by atoms with van der Waals surface area (Å²) in [4.78, 5) is 45.4. The van der Waals surface area contributed by atoms with Crippen molar-refractivity contribution in [3.8, 4) is 11.5 Å². The third kappa shape index (κ3) is 5.90. The van der Waals surface area contributed by atoms with Crippen LogP contribution in [0, 0.1) is 5.92 Å². The van der Waals surface area contributed by atoms with Gasteiger partial charge in [0.05, 0.1) is 32.4 Å². The molecule has 1 unspecified atom stereocenters. The van der Waals surface area contributed by atoms with Crippen LogP contribution in [0.5, 0.6) is 11.5 Å². The lowest BCUT2D eigenvalue weighted by atomic mass is 9.84. The highest BCUT2D eigenvalue weighted by molar-refractivity contribution is 5.95. The first-order valence-electron chi connectivity index (χ1n) is 13.6. The number of methoxy groups -OCH3 is 2. The highest BCUT2D eigenvalue weighted by Gasteiger charge is 2.39. The van der Waals surface area contributed by atoms with Crippen LogP contribution in [0.4, 0.5) is 4.79 Å². The van der Waals surface area contributed by atoms with Crippen molar-refractivity contribution in [2.75, 3.05) is 60.1 Å². The molecule has 1 aliphatic carbocycles. The van der Waals surface area contributed by atoms with Crippen LogP contribution in [0.25, 0.3) is 0 Å². The molecule has 10 heteroatoms. The number of amides is 3. The molecule has 10 nitrogen and oxygen atoms in total. The number of hydrogen-bond donors (Lipinski definition) is 1. The minimum Gasteiger partial charge on any atom is -0.497 e. The first-order valence-corrected chi connectivity index (χ1v) is 13.6. The highest BCUT2D eigenvalue weighted by atomic mass is 16.5. The summed E-state index contributed by atoms with van der Waals surface area (Å²) >= 11 is 0. The van der Waals surface area contributed by atoms with Gasteiger partial charge in [-0.2, -0.15) is 0 Å². The zero-order chi connectivity index (χ0) is 27.2. The van der Waals surface area contributed by atoms with E-state index in [1.807, 2.05) is 11.8 Å². The molecule has 2 fully saturated rings. The lowest BCUT2D eigenvalue weighted by molar-refractivity contribution is -0.139. The maximum Gasteiger partial charge on any atom is 0.338 e. The van der Waals surface area contributed by atoms with E-state index in [9.17, 15) is 14.4 Å². The molecule has 3 aliphatic rings. The lowest BCUT2D eigenvalue weighted by Gasteiger charge is -2.38. The van der Waals surface area contributed by atoms with E-state index in [0.29, 0.717) is 54.5 Å². The summed E-state index contributed by atoms with van der Waals surface area (Å²) in [7, 11) is 3.12. The molecule has 0 spiro atoms. The second-order valence-corrected chi connectivity index (χ2v) is 9.94. The van der Waals surface area contributed by atoms with E-state index >= 15 is 0 Å². The third-order valence-corrected chi connectivity index (χ3v) is 7.69. The van der Waals surface area contributed by atoms with E-state index in [1.54, 1.807) is 44.2 Å². The van der Waals surface area contributed by atoms with Gasteiger partial charge in [0, 0.05) is 56.9 Å². The van der Waals surface area contributed by atoms with Crippen molar-refractivity contribution >= 4 is 17.9 Å². The molecule has 2 aliphatic heterocycles.